The van der Waals surface area contributed by atoms with Crippen molar-refractivity contribution in [3.05, 3.63) is 84.4 Å². The van der Waals surface area contributed by atoms with E-state index in [1.165, 1.54) is 6.07 Å². The molecular weight excluding hydrogens is 383 g/mol. The molecule has 5 heteroatoms. The van der Waals surface area contributed by atoms with Crippen LogP contribution in [0.1, 0.15) is 5.56 Å². The summed E-state index contributed by atoms with van der Waals surface area (Å²) in [5.74, 6) is -0.690. The van der Waals surface area contributed by atoms with Crippen molar-refractivity contribution in [2.75, 3.05) is 5.32 Å². The SMILES string of the molecule is Cc1cccc(F)c1NC(=O)C[n+]1cccc(-c2ccccc2)c1.[Br-]. The number of pyridine rings is 1. The third-order valence-corrected chi connectivity index (χ3v) is 3.78. The standard InChI is InChI=1S/C20H17FN2O.BrH/c1-15-7-5-11-18(21)20(15)22-19(24)14-23-12-6-10-17(13-23)16-8-3-2-4-9-16;/h2-13H,14H2,1H3;1H. The summed E-state index contributed by atoms with van der Waals surface area (Å²) < 4.78 is 15.6. The lowest BCUT2D eigenvalue weighted by Crippen LogP contribution is -3.00. The Balaban J connectivity index is 0.00000225. The number of anilines is 1. The van der Waals surface area contributed by atoms with E-state index in [0.717, 1.165) is 11.1 Å². The van der Waals surface area contributed by atoms with Crippen LogP contribution in [-0.2, 0) is 11.3 Å². The topological polar surface area (TPSA) is 33.0 Å². The van der Waals surface area contributed by atoms with Gasteiger partial charge in [0, 0.05) is 11.6 Å². The molecule has 1 heterocycles. The van der Waals surface area contributed by atoms with E-state index < -0.39 is 5.82 Å². The van der Waals surface area contributed by atoms with Gasteiger partial charge in [0.25, 0.3) is 5.91 Å². The Hall–Kier alpha value is -2.53. The van der Waals surface area contributed by atoms with Crippen molar-refractivity contribution in [1.82, 2.24) is 0 Å². The number of nitrogens with one attached hydrogen (secondary N) is 1. The Bertz CT molecular complexity index is 848. The predicted molar refractivity (Wildman–Crippen MR) is 91.8 cm³/mol. The fourth-order valence-corrected chi connectivity index (χ4v) is 2.56. The molecule has 1 amide bonds. The maximum Gasteiger partial charge on any atom is 0.290 e. The molecular formula is C20H18BrFN2O. The lowest BCUT2D eigenvalue weighted by Gasteiger charge is -2.08. The highest BCUT2D eigenvalue weighted by atomic mass is 79.9. The van der Waals surface area contributed by atoms with Crippen LogP contribution in [0.2, 0.25) is 0 Å². The summed E-state index contributed by atoms with van der Waals surface area (Å²) in [6.07, 6.45) is 3.73. The number of halogens is 2. The smallest absolute Gasteiger partial charge is 0.290 e. The maximum atomic E-state index is 13.8. The van der Waals surface area contributed by atoms with Crippen LogP contribution in [0.25, 0.3) is 11.1 Å². The molecule has 2 aromatic carbocycles. The summed E-state index contributed by atoms with van der Waals surface area (Å²) >= 11 is 0. The molecule has 0 unspecified atom stereocenters. The van der Waals surface area contributed by atoms with E-state index in [9.17, 15) is 9.18 Å². The van der Waals surface area contributed by atoms with Crippen LogP contribution in [-0.4, -0.2) is 5.91 Å². The third kappa shape index (κ3) is 4.73. The monoisotopic (exact) mass is 400 g/mol. The van der Waals surface area contributed by atoms with Gasteiger partial charge in [0.15, 0.2) is 12.4 Å². The second-order valence-electron chi connectivity index (χ2n) is 5.61. The number of carbonyl (C=O) groups excluding carboxylic acids is 1. The predicted octanol–water partition coefficient (Wildman–Crippen LogP) is 0.731. The van der Waals surface area contributed by atoms with E-state index >= 15 is 0 Å². The van der Waals surface area contributed by atoms with Crippen LogP contribution in [0.3, 0.4) is 0 Å². The zero-order chi connectivity index (χ0) is 16.9. The number of hydrogen-bond donors (Lipinski definition) is 1. The highest BCUT2D eigenvalue weighted by Crippen LogP contribution is 2.19. The Kier molecular flexibility index (Phi) is 6.42. The number of nitrogens with zero attached hydrogens (tertiary/aromatic N) is 1. The minimum absolute atomic E-state index is 0. The normalized spacial score (nSPS) is 10.0. The van der Waals surface area contributed by atoms with E-state index in [-0.39, 0.29) is 35.1 Å². The number of carbonyl (C=O) groups is 1. The van der Waals surface area contributed by atoms with Crippen molar-refractivity contribution in [1.29, 1.82) is 0 Å². The van der Waals surface area contributed by atoms with Gasteiger partial charge in [0.05, 0.1) is 5.69 Å². The summed E-state index contributed by atoms with van der Waals surface area (Å²) in [7, 11) is 0. The number of aromatic nitrogens is 1. The van der Waals surface area contributed by atoms with E-state index in [1.54, 1.807) is 23.6 Å². The molecule has 0 spiro atoms. The molecule has 0 aliphatic heterocycles. The van der Waals surface area contributed by atoms with Gasteiger partial charge in [-0.05, 0) is 30.2 Å². The Morgan fingerprint density at radius 1 is 1.00 bits per heavy atom. The molecule has 0 aliphatic carbocycles. The van der Waals surface area contributed by atoms with Gasteiger partial charge in [-0.3, -0.25) is 4.79 Å². The molecule has 0 saturated heterocycles. The Morgan fingerprint density at radius 3 is 2.44 bits per heavy atom. The largest absolute Gasteiger partial charge is 1.00 e. The molecule has 3 rings (SSSR count). The minimum atomic E-state index is -0.425. The number of rotatable bonds is 4. The van der Waals surface area contributed by atoms with Crippen LogP contribution in [0.5, 0.6) is 0 Å². The molecule has 128 valence electrons. The van der Waals surface area contributed by atoms with Gasteiger partial charge in [-0.25, -0.2) is 4.39 Å². The van der Waals surface area contributed by atoms with Gasteiger partial charge in [-0.15, -0.1) is 0 Å². The van der Waals surface area contributed by atoms with Crippen molar-refractivity contribution in [2.24, 2.45) is 0 Å². The van der Waals surface area contributed by atoms with E-state index in [0.29, 0.717) is 5.56 Å². The number of para-hydroxylation sites is 1. The van der Waals surface area contributed by atoms with Crippen LogP contribution in [0, 0.1) is 12.7 Å². The van der Waals surface area contributed by atoms with Crippen LogP contribution < -0.4 is 26.9 Å². The minimum Gasteiger partial charge on any atom is -1.00 e. The second-order valence-corrected chi connectivity index (χ2v) is 5.61. The molecule has 0 aliphatic rings. The zero-order valence-corrected chi connectivity index (χ0v) is 15.3. The van der Waals surface area contributed by atoms with Gasteiger partial charge < -0.3 is 22.3 Å². The second kappa shape index (κ2) is 8.53. The highest BCUT2D eigenvalue weighted by molar-refractivity contribution is 5.90. The van der Waals surface area contributed by atoms with Crippen molar-refractivity contribution in [2.45, 2.75) is 13.5 Å². The Morgan fingerprint density at radius 2 is 1.72 bits per heavy atom. The lowest BCUT2D eigenvalue weighted by atomic mass is 10.1. The van der Waals surface area contributed by atoms with Crippen molar-refractivity contribution in [3.8, 4) is 11.1 Å². The number of aryl methyl sites for hydroxylation is 1. The van der Waals surface area contributed by atoms with Crippen LogP contribution in [0.15, 0.2) is 73.1 Å². The fourth-order valence-electron chi connectivity index (χ4n) is 2.56. The summed E-state index contributed by atoms with van der Waals surface area (Å²) in [4.78, 5) is 12.2. The first-order valence-corrected chi connectivity index (χ1v) is 7.73. The molecule has 1 N–H and O–H groups in total. The van der Waals surface area contributed by atoms with Gasteiger partial charge in [0.2, 0.25) is 6.54 Å². The van der Waals surface area contributed by atoms with Crippen LogP contribution >= 0.6 is 0 Å². The van der Waals surface area contributed by atoms with Crippen molar-refractivity contribution >= 4 is 11.6 Å². The molecule has 0 radical (unpaired) electrons. The molecule has 0 bridgehead atoms. The average Bonchev–Trinajstić information content (AvgIpc) is 2.59. The molecule has 3 aromatic rings. The Labute approximate surface area is 156 Å². The number of hydrogen-bond acceptors (Lipinski definition) is 1. The molecule has 0 saturated carbocycles. The summed E-state index contributed by atoms with van der Waals surface area (Å²) in [5.41, 5.74) is 3.04. The molecule has 25 heavy (non-hydrogen) atoms. The highest BCUT2D eigenvalue weighted by Gasteiger charge is 2.14. The van der Waals surface area contributed by atoms with E-state index in [4.69, 9.17) is 0 Å². The molecule has 0 atom stereocenters. The van der Waals surface area contributed by atoms with Crippen molar-refractivity contribution in [3.63, 3.8) is 0 Å². The van der Waals surface area contributed by atoms with Gasteiger partial charge in [-0.2, -0.15) is 4.57 Å². The fraction of sp³-hybridized carbons (Fsp3) is 0.100. The first-order valence-electron chi connectivity index (χ1n) is 7.73. The average molecular weight is 401 g/mol. The first-order chi connectivity index (χ1) is 11.6. The maximum absolute atomic E-state index is 13.8. The summed E-state index contributed by atoms with van der Waals surface area (Å²) in [6.45, 7) is 1.89. The zero-order valence-electron chi connectivity index (χ0n) is 13.7. The van der Waals surface area contributed by atoms with E-state index in [2.05, 4.69) is 5.32 Å². The first kappa shape index (κ1) is 18.8. The summed E-state index contributed by atoms with van der Waals surface area (Å²) in [6, 6.07) is 18.6. The number of benzene rings is 2. The number of amides is 1. The van der Waals surface area contributed by atoms with E-state index in [1.807, 2.05) is 54.9 Å². The lowest BCUT2D eigenvalue weighted by molar-refractivity contribution is -0.683. The summed E-state index contributed by atoms with van der Waals surface area (Å²) in [5, 5.41) is 2.65. The van der Waals surface area contributed by atoms with Gasteiger partial charge >= 0.3 is 0 Å². The third-order valence-electron chi connectivity index (χ3n) is 3.78. The van der Waals surface area contributed by atoms with Crippen LogP contribution in [0.4, 0.5) is 10.1 Å². The molecule has 1 aromatic heterocycles. The molecule has 0 fully saturated rings. The van der Waals surface area contributed by atoms with Gasteiger partial charge in [0.1, 0.15) is 5.82 Å². The van der Waals surface area contributed by atoms with Crippen molar-refractivity contribution < 1.29 is 30.7 Å². The quantitative estimate of drug-likeness (QED) is 0.643. The molecule has 3 nitrogen and oxygen atoms in total. The van der Waals surface area contributed by atoms with Gasteiger partial charge in [-0.1, -0.05) is 42.5 Å².